The van der Waals surface area contributed by atoms with Crippen LogP contribution in [0.3, 0.4) is 0 Å². The van der Waals surface area contributed by atoms with Crippen LogP contribution >= 0.6 is 0 Å². The molecule has 2 aromatic rings. The molecule has 5 heteroatoms. The highest BCUT2D eigenvalue weighted by Gasteiger charge is 2.40. The molecule has 2 atom stereocenters. The summed E-state index contributed by atoms with van der Waals surface area (Å²) in [4.78, 5) is 13.2. The van der Waals surface area contributed by atoms with Crippen molar-refractivity contribution in [2.75, 3.05) is 12.4 Å². The van der Waals surface area contributed by atoms with E-state index in [1.54, 1.807) is 7.11 Å². The number of hydrogen-bond donors (Lipinski definition) is 1. The summed E-state index contributed by atoms with van der Waals surface area (Å²) in [7, 11) is 1.66. The molecule has 0 amide bonds. The summed E-state index contributed by atoms with van der Waals surface area (Å²) in [5.74, 6) is 2.50. The standard InChI is InChI=1S/C22H26N2O3/c1-12(2)9-17-20-13(3)24-27-22(20)23-18-10-15(11-19(25)21(17)18)14-5-7-16(26-4)8-6-14/h5-8,12,15,17,23H,9-11H2,1-4H3/t15-,17+/m0/s1. The number of benzene rings is 1. The Hall–Kier alpha value is -2.56. The number of Topliss-reactive ketones (excluding diaryl/α,β-unsaturated/α-hetero) is 1. The minimum atomic E-state index is 0.0758. The number of aryl methyl sites for hydroxylation is 1. The minimum Gasteiger partial charge on any atom is -0.497 e. The number of ketones is 1. The topological polar surface area (TPSA) is 64.4 Å². The molecule has 0 bridgehead atoms. The fourth-order valence-corrected chi connectivity index (χ4v) is 4.43. The summed E-state index contributed by atoms with van der Waals surface area (Å²) in [6, 6.07) is 8.02. The number of methoxy groups -OCH3 is 1. The zero-order valence-corrected chi connectivity index (χ0v) is 16.3. The molecule has 1 N–H and O–H groups in total. The van der Waals surface area contributed by atoms with E-state index in [9.17, 15) is 4.79 Å². The van der Waals surface area contributed by atoms with Crippen LogP contribution < -0.4 is 10.1 Å². The Morgan fingerprint density at radius 3 is 2.67 bits per heavy atom. The van der Waals surface area contributed by atoms with Crippen molar-refractivity contribution >= 4 is 11.7 Å². The molecule has 0 spiro atoms. The van der Waals surface area contributed by atoms with E-state index in [-0.39, 0.29) is 17.6 Å². The molecule has 0 fully saturated rings. The van der Waals surface area contributed by atoms with Crippen LogP contribution in [0.5, 0.6) is 5.75 Å². The highest BCUT2D eigenvalue weighted by atomic mass is 16.5. The van der Waals surface area contributed by atoms with Crippen molar-refractivity contribution in [2.24, 2.45) is 5.92 Å². The first kappa shape index (κ1) is 17.8. The van der Waals surface area contributed by atoms with Crippen LogP contribution in [0.15, 0.2) is 40.1 Å². The Bertz CT molecular complexity index is 893. The maximum Gasteiger partial charge on any atom is 0.232 e. The summed E-state index contributed by atoms with van der Waals surface area (Å²) in [6.07, 6.45) is 2.27. The van der Waals surface area contributed by atoms with E-state index >= 15 is 0 Å². The van der Waals surface area contributed by atoms with Crippen molar-refractivity contribution < 1.29 is 14.1 Å². The number of nitrogens with zero attached hydrogens (tertiary/aromatic N) is 1. The summed E-state index contributed by atoms with van der Waals surface area (Å²) >= 11 is 0. The number of allylic oxidation sites excluding steroid dienone is 2. The summed E-state index contributed by atoms with van der Waals surface area (Å²) < 4.78 is 10.8. The lowest BCUT2D eigenvalue weighted by atomic mass is 9.72. The molecule has 0 saturated heterocycles. The average Bonchev–Trinajstić information content (AvgIpc) is 3.01. The molecule has 0 unspecified atom stereocenters. The number of aromatic nitrogens is 1. The van der Waals surface area contributed by atoms with Crippen LogP contribution in [0.25, 0.3) is 0 Å². The Kier molecular flexibility index (Phi) is 4.54. The molecule has 2 heterocycles. The van der Waals surface area contributed by atoms with E-state index in [0.29, 0.717) is 18.2 Å². The maximum absolute atomic E-state index is 13.2. The van der Waals surface area contributed by atoms with Gasteiger partial charge in [-0.05, 0) is 49.3 Å². The molecule has 0 saturated carbocycles. The second-order valence-electron chi connectivity index (χ2n) is 8.01. The molecule has 1 aliphatic carbocycles. The number of ether oxygens (including phenoxy) is 1. The minimum absolute atomic E-state index is 0.0758. The first-order valence-electron chi connectivity index (χ1n) is 9.61. The Morgan fingerprint density at radius 1 is 1.26 bits per heavy atom. The fraction of sp³-hybridized carbons (Fsp3) is 0.455. The van der Waals surface area contributed by atoms with E-state index in [2.05, 4.69) is 36.5 Å². The maximum atomic E-state index is 13.2. The van der Waals surface area contributed by atoms with Crippen molar-refractivity contribution in [1.82, 2.24) is 5.16 Å². The van der Waals surface area contributed by atoms with Crippen LogP contribution in [-0.2, 0) is 4.79 Å². The van der Waals surface area contributed by atoms with Gasteiger partial charge in [-0.15, -0.1) is 0 Å². The lowest BCUT2D eigenvalue weighted by Gasteiger charge is -2.35. The predicted molar refractivity (Wildman–Crippen MR) is 104 cm³/mol. The number of carbonyl (C=O) groups excluding carboxylic acids is 1. The van der Waals surface area contributed by atoms with Gasteiger partial charge in [-0.25, -0.2) is 0 Å². The van der Waals surface area contributed by atoms with Gasteiger partial charge in [0, 0.05) is 29.2 Å². The van der Waals surface area contributed by atoms with Crippen molar-refractivity contribution in [1.29, 1.82) is 0 Å². The van der Waals surface area contributed by atoms with Crippen molar-refractivity contribution in [3.63, 3.8) is 0 Å². The molecular formula is C22H26N2O3. The predicted octanol–water partition coefficient (Wildman–Crippen LogP) is 4.95. The van der Waals surface area contributed by atoms with Gasteiger partial charge in [-0.2, -0.15) is 0 Å². The first-order valence-corrected chi connectivity index (χ1v) is 9.61. The van der Waals surface area contributed by atoms with Crippen LogP contribution in [0.4, 0.5) is 5.88 Å². The number of anilines is 1. The monoisotopic (exact) mass is 366 g/mol. The largest absolute Gasteiger partial charge is 0.497 e. The zero-order chi connectivity index (χ0) is 19.1. The van der Waals surface area contributed by atoms with Gasteiger partial charge in [0.15, 0.2) is 5.78 Å². The van der Waals surface area contributed by atoms with Crippen LogP contribution in [0.1, 0.15) is 61.8 Å². The Balaban J connectivity index is 1.69. The summed E-state index contributed by atoms with van der Waals surface area (Å²) in [5.41, 5.74) is 5.03. The molecule has 1 aromatic heterocycles. The van der Waals surface area contributed by atoms with Crippen LogP contribution in [0.2, 0.25) is 0 Å². The van der Waals surface area contributed by atoms with Gasteiger partial charge in [-0.3, -0.25) is 4.79 Å². The summed E-state index contributed by atoms with van der Waals surface area (Å²) in [6.45, 7) is 6.34. The van der Waals surface area contributed by atoms with Gasteiger partial charge in [0.25, 0.3) is 0 Å². The van der Waals surface area contributed by atoms with E-state index in [0.717, 1.165) is 46.7 Å². The number of carbonyl (C=O) groups is 1. The second-order valence-corrected chi connectivity index (χ2v) is 8.01. The van der Waals surface area contributed by atoms with Gasteiger partial charge in [0.2, 0.25) is 5.88 Å². The molecule has 4 rings (SSSR count). The summed E-state index contributed by atoms with van der Waals surface area (Å²) in [5, 5.41) is 7.53. The van der Waals surface area contributed by atoms with Gasteiger partial charge < -0.3 is 14.6 Å². The lowest BCUT2D eigenvalue weighted by molar-refractivity contribution is -0.116. The number of fused-ring (bicyclic) bond motifs is 1. The molecule has 0 radical (unpaired) electrons. The third-order valence-electron chi connectivity index (χ3n) is 5.67. The third kappa shape index (κ3) is 3.15. The van der Waals surface area contributed by atoms with Crippen molar-refractivity contribution in [3.8, 4) is 5.75 Å². The van der Waals surface area contributed by atoms with E-state index < -0.39 is 0 Å². The zero-order valence-electron chi connectivity index (χ0n) is 16.3. The Labute approximate surface area is 159 Å². The van der Waals surface area contributed by atoms with Gasteiger partial charge >= 0.3 is 0 Å². The molecule has 1 aromatic carbocycles. The number of rotatable bonds is 4. The van der Waals surface area contributed by atoms with E-state index in [1.807, 2.05) is 19.1 Å². The van der Waals surface area contributed by atoms with E-state index in [4.69, 9.17) is 9.26 Å². The van der Waals surface area contributed by atoms with E-state index in [1.165, 1.54) is 0 Å². The lowest BCUT2D eigenvalue weighted by Crippen LogP contribution is -2.29. The first-order chi connectivity index (χ1) is 13.0. The number of nitrogens with one attached hydrogen (secondary N) is 1. The molecular weight excluding hydrogens is 340 g/mol. The highest BCUT2D eigenvalue weighted by molar-refractivity contribution is 6.00. The Morgan fingerprint density at radius 2 is 2.00 bits per heavy atom. The SMILES string of the molecule is COc1ccc([C@@H]2CC(=O)C3=C(C2)Nc2onc(C)c2[C@H]3CC(C)C)cc1. The molecule has 1 aliphatic heterocycles. The average molecular weight is 366 g/mol. The van der Waals surface area contributed by atoms with Crippen molar-refractivity contribution in [3.05, 3.63) is 52.4 Å². The fourth-order valence-electron chi connectivity index (χ4n) is 4.43. The third-order valence-corrected chi connectivity index (χ3v) is 5.67. The highest BCUT2D eigenvalue weighted by Crippen LogP contribution is 2.48. The quantitative estimate of drug-likeness (QED) is 0.829. The molecule has 5 nitrogen and oxygen atoms in total. The normalized spacial score (nSPS) is 21.7. The molecule has 142 valence electrons. The van der Waals surface area contributed by atoms with Crippen LogP contribution in [0, 0.1) is 12.8 Å². The second kappa shape index (κ2) is 6.87. The van der Waals surface area contributed by atoms with Gasteiger partial charge in [-0.1, -0.05) is 31.1 Å². The van der Waals surface area contributed by atoms with Gasteiger partial charge in [0.1, 0.15) is 5.75 Å². The van der Waals surface area contributed by atoms with Crippen molar-refractivity contribution in [2.45, 2.75) is 51.9 Å². The molecule has 2 aliphatic rings. The number of hydrogen-bond acceptors (Lipinski definition) is 5. The van der Waals surface area contributed by atoms with Crippen LogP contribution in [-0.4, -0.2) is 18.0 Å². The smallest absolute Gasteiger partial charge is 0.232 e. The van der Waals surface area contributed by atoms with Gasteiger partial charge in [0.05, 0.1) is 12.8 Å². The molecule has 27 heavy (non-hydrogen) atoms.